The normalized spacial score (nSPS) is 21.4. The Morgan fingerprint density at radius 3 is 2.86 bits per heavy atom. The summed E-state index contributed by atoms with van der Waals surface area (Å²) in [5.74, 6) is 1.05. The second-order valence-corrected chi connectivity index (χ2v) is 2.41. The minimum atomic E-state index is 0.381. The molecule has 1 N–H and O–H groups in total. The van der Waals surface area contributed by atoms with Crippen molar-refractivity contribution in [3.05, 3.63) is 0 Å². The van der Waals surface area contributed by atoms with Crippen LogP contribution in [0.3, 0.4) is 0 Å². The van der Waals surface area contributed by atoms with Gasteiger partial charge in [0.05, 0.1) is 6.61 Å². The first-order valence-electron chi connectivity index (χ1n) is 2.24. The summed E-state index contributed by atoms with van der Waals surface area (Å²) in [6.07, 6.45) is 1.09. The summed E-state index contributed by atoms with van der Waals surface area (Å²) in [4.78, 5) is 0. The van der Waals surface area contributed by atoms with E-state index in [-0.39, 0.29) is 0 Å². The monoisotopic (exact) mass is 117 g/mol. The van der Waals surface area contributed by atoms with Crippen LogP contribution in [0.15, 0.2) is 0 Å². The van der Waals surface area contributed by atoms with Crippen LogP contribution in [-0.2, 0) is 4.74 Å². The third-order valence-electron chi connectivity index (χ3n) is 0.755. The van der Waals surface area contributed by atoms with Crippen molar-refractivity contribution >= 4 is 17.0 Å². The lowest BCUT2D eigenvalue weighted by Gasteiger charge is -2.10. The highest BCUT2D eigenvalue weighted by atomic mass is 32.2. The molecular weight excluding hydrogens is 110 g/mol. The van der Waals surface area contributed by atoms with Crippen LogP contribution < -0.4 is 0 Å². The van der Waals surface area contributed by atoms with Gasteiger partial charge in [-0.1, -0.05) is 11.8 Å². The van der Waals surface area contributed by atoms with E-state index < -0.39 is 0 Å². The Labute approximate surface area is 46.8 Å². The summed E-state index contributed by atoms with van der Waals surface area (Å²) in [6, 6.07) is 0. The highest BCUT2D eigenvalue weighted by Gasteiger charge is 2.03. The van der Waals surface area contributed by atoms with Crippen molar-refractivity contribution in [2.24, 2.45) is 0 Å². The zero-order valence-electron chi connectivity index (χ0n) is 3.94. The van der Waals surface area contributed by atoms with Crippen molar-refractivity contribution in [3.8, 4) is 0 Å². The van der Waals surface area contributed by atoms with E-state index in [1.807, 2.05) is 0 Å². The number of hydrogen-bond acceptors (Lipinski definition) is 3. The minimum Gasteiger partial charge on any atom is -0.473 e. The number of nitrogens with one attached hydrogen (secondary N) is 1. The third kappa shape index (κ3) is 1.39. The van der Waals surface area contributed by atoms with E-state index in [0.717, 1.165) is 18.8 Å². The summed E-state index contributed by atoms with van der Waals surface area (Å²) in [7, 11) is 0. The molecule has 0 saturated carbocycles. The Bertz CT molecular complexity index is 75.8. The van der Waals surface area contributed by atoms with Gasteiger partial charge in [0.15, 0.2) is 0 Å². The quantitative estimate of drug-likeness (QED) is 0.515. The molecule has 0 aromatic heterocycles. The van der Waals surface area contributed by atoms with Crippen LogP contribution in [-0.4, -0.2) is 17.6 Å². The van der Waals surface area contributed by atoms with Crippen LogP contribution in [0.25, 0.3) is 0 Å². The van der Waals surface area contributed by atoms with Crippen molar-refractivity contribution in [2.45, 2.75) is 6.42 Å². The van der Waals surface area contributed by atoms with Crippen LogP contribution in [0, 0.1) is 5.41 Å². The summed E-state index contributed by atoms with van der Waals surface area (Å²) in [5.41, 5.74) is 0. The molecule has 0 amide bonds. The molecular formula is C4H7NOS. The molecule has 0 aliphatic carbocycles. The molecule has 1 fully saturated rings. The summed E-state index contributed by atoms with van der Waals surface area (Å²) in [5, 5.41) is 7.31. The second-order valence-electron chi connectivity index (χ2n) is 1.34. The molecule has 1 aliphatic rings. The van der Waals surface area contributed by atoms with Gasteiger partial charge >= 0.3 is 0 Å². The molecule has 0 atom stereocenters. The Hall–Kier alpha value is -0.180. The van der Waals surface area contributed by atoms with E-state index in [1.54, 1.807) is 0 Å². The molecule has 3 heteroatoms. The molecule has 1 saturated heterocycles. The van der Waals surface area contributed by atoms with Gasteiger partial charge in [0.1, 0.15) is 0 Å². The van der Waals surface area contributed by atoms with Gasteiger partial charge in [-0.05, 0) is 6.42 Å². The van der Waals surface area contributed by atoms with Crippen LogP contribution in [0.1, 0.15) is 6.42 Å². The number of thioether (sulfide) groups is 1. The maximum atomic E-state index is 6.93. The number of rotatable bonds is 0. The van der Waals surface area contributed by atoms with Crippen LogP contribution in [0.5, 0.6) is 0 Å². The van der Waals surface area contributed by atoms with Crippen LogP contribution in [0.4, 0.5) is 0 Å². The van der Waals surface area contributed by atoms with E-state index in [0.29, 0.717) is 5.23 Å². The van der Waals surface area contributed by atoms with Crippen molar-refractivity contribution in [3.63, 3.8) is 0 Å². The predicted molar refractivity (Wildman–Crippen MR) is 30.8 cm³/mol. The van der Waals surface area contributed by atoms with Gasteiger partial charge in [-0.15, -0.1) is 0 Å². The molecule has 1 heterocycles. The van der Waals surface area contributed by atoms with Crippen molar-refractivity contribution in [1.82, 2.24) is 0 Å². The molecule has 0 aromatic rings. The Kier molecular flexibility index (Phi) is 1.57. The van der Waals surface area contributed by atoms with E-state index in [4.69, 9.17) is 10.1 Å². The molecule has 7 heavy (non-hydrogen) atoms. The molecule has 2 nitrogen and oxygen atoms in total. The first-order valence-corrected chi connectivity index (χ1v) is 3.22. The van der Waals surface area contributed by atoms with E-state index in [1.165, 1.54) is 11.8 Å². The fraction of sp³-hybridized carbons (Fsp3) is 0.750. The minimum absolute atomic E-state index is 0.381. The highest BCUT2D eigenvalue weighted by molar-refractivity contribution is 8.13. The molecule has 1 rings (SSSR count). The summed E-state index contributed by atoms with van der Waals surface area (Å²) >= 11 is 1.48. The van der Waals surface area contributed by atoms with E-state index in [2.05, 4.69) is 0 Å². The molecule has 0 radical (unpaired) electrons. The fourth-order valence-electron chi connectivity index (χ4n) is 0.430. The lowest BCUT2D eigenvalue weighted by Crippen LogP contribution is -2.08. The van der Waals surface area contributed by atoms with Crippen molar-refractivity contribution < 1.29 is 4.74 Å². The molecule has 0 unspecified atom stereocenters. The van der Waals surface area contributed by atoms with Gasteiger partial charge in [0.2, 0.25) is 5.23 Å². The summed E-state index contributed by atoms with van der Waals surface area (Å²) in [6.45, 7) is 0.742. The Morgan fingerprint density at radius 2 is 2.57 bits per heavy atom. The van der Waals surface area contributed by atoms with Gasteiger partial charge in [0.25, 0.3) is 0 Å². The highest BCUT2D eigenvalue weighted by Crippen LogP contribution is 2.10. The predicted octanol–water partition coefficient (Wildman–Crippen LogP) is 1.07. The SMILES string of the molecule is N=C1OCCCS1. The van der Waals surface area contributed by atoms with Gasteiger partial charge in [0, 0.05) is 5.75 Å². The largest absolute Gasteiger partial charge is 0.473 e. The van der Waals surface area contributed by atoms with Gasteiger partial charge in [-0.2, -0.15) is 0 Å². The van der Waals surface area contributed by atoms with Crippen LogP contribution in [0.2, 0.25) is 0 Å². The maximum absolute atomic E-state index is 6.93. The molecule has 1 aliphatic heterocycles. The van der Waals surface area contributed by atoms with Gasteiger partial charge in [-0.25, -0.2) is 0 Å². The smallest absolute Gasteiger partial charge is 0.242 e. The van der Waals surface area contributed by atoms with E-state index in [9.17, 15) is 0 Å². The molecule has 40 valence electrons. The zero-order chi connectivity index (χ0) is 5.11. The first kappa shape index (κ1) is 4.97. The molecule has 0 spiro atoms. The number of hydrogen-bond donors (Lipinski definition) is 1. The van der Waals surface area contributed by atoms with Gasteiger partial charge < -0.3 is 4.74 Å². The first-order chi connectivity index (χ1) is 3.39. The molecule has 0 bridgehead atoms. The van der Waals surface area contributed by atoms with Crippen molar-refractivity contribution in [1.29, 1.82) is 5.41 Å². The lowest BCUT2D eigenvalue weighted by molar-refractivity contribution is 0.307. The van der Waals surface area contributed by atoms with Crippen molar-refractivity contribution in [2.75, 3.05) is 12.4 Å². The lowest BCUT2D eigenvalue weighted by atomic mass is 10.5. The summed E-state index contributed by atoms with van der Waals surface area (Å²) < 4.78 is 4.82. The average molecular weight is 117 g/mol. The second kappa shape index (κ2) is 2.21. The maximum Gasteiger partial charge on any atom is 0.242 e. The van der Waals surface area contributed by atoms with Crippen LogP contribution >= 0.6 is 11.8 Å². The standard InChI is InChI=1S/C4H7NOS/c5-4-6-2-1-3-7-4/h5H,1-3H2. The fourth-order valence-corrected chi connectivity index (χ4v) is 1.04. The topological polar surface area (TPSA) is 33.1 Å². The number of ether oxygens (including phenoxy) is 1. The van der Waals surface area contributed by atoms with E-state index >= 15 is 0 Å². The van der Waals surface area contributed by atoms with Gasteiger partial charge in [-0.3, -0.25) is 5.41 Å². The Balaban J connectivity index is 2.25. The molecule has 0 aromatic carbocycles. The third-order valence-corrected chi connectivity index (χ3v) is 1.63. The average Bonchev–Trinajstić information content (AvgIpc) is 1.69. The Morgan fingerprint density at radius 1 is 1.71 bits per heavy atom. The zero-order valence-corrected chi connectivity index (χ0v) is 4.75.